The molecule has 0 spiro atoms. The maximum Gasteiger partial charge on any atom is 0.403 e. The summed E-state index contributed by atoms with van der Waals surface area (Å²) in [4.78, 5) is 29.8. The van der Waals surface area contributed by atoms with Crippen LogP contribution in [0.4, 0.5) is 18.9 Å². The lowest BCUT2D eigenvalue weighted by Crippen LogP contribution is -2.40. The quantitative estimate of drug-likeness (QED) is 0.318. The third-order valence-electron chi connectivity index (χ3n) is 6.63. The van der Waals surface area contributed by atoms with Crippen molar-refractivity contribution in [3.63, 3.8) is 0 Å². The molecule has 2 aromatic carbocycles. The first-order valence-electron chi connectivity index (χ1n) is 11.9. The number of halogens is 4. The Morgan fingerprint density at radius 3 is 2.45 bits per heavy atom. The van der Waals surface area contributed by atoms with Crippen molar-refractivity contribution in [2.75, 3.05) is 5.32 Å². The molecule has 7 nitrogen and oxygen atoms in total. The highest BCUT2D eigenvalue weighted by Crippen LogP contribution is 2.57. The molecule has 196 valence electrons. The van der Waals surface area contributed by atoms with Crippen LogP contribution in [0, 0.1) is 19.3 Å². The normalized spacial score (nSPS) is 14.4. The van der Waals surface area contributed by atoms with Gasteiger partial charge in [-0.2, -0.15) is 18.3 Å². The second-order valence-electron chi connectivity index (χ2n) is 9.43. The number of carbonyl (C=O) groups is 2. The van der Waals surface area contributed by atoms with Gasteiger partial charge >= 0.3 is 6.18 Å². The van der Waals surface area contributed by atoms with Gasteiger partial charge in [-0.15, -0.1) is 0 Å². The number of alkyl halides is 3. The summed E-state index contributed by atoms with van der Waals surface area (Å²) in [5.74, 6) is -1.57. The molecule has 1 saturated carbocycles. The largest absolute Gasteiger partial charge is 0.403 e. The summed E-state index contributed by atoms with van der Waals surface area (Å²) < 4.78 is 41.4. The number of aryl methyl sites for hydroxylation is 2. The molecular weight excluding hydrogens is 519 g/mol. The Morgan fingerprint density at radius 1 is 1.08 bits per heavy atom. The summed E-state index contributed by atoms with van der Waals surface area (Å²) in [5, 5.41) is 10.6. The van der Waals surface area contributed by atoms with Gasteiger partial charge in [0.1, 0.15) is 5.41 Å². The van der Waals surface area contributed by atoms with E-state index < -0.39 is 23.4 Å². The molecule has 0 bridgehead atoms. The van der Waals surface area contributed by atoms with Gasteiger partial charge in [-0.25, -0.2) is 4.68 Å². The number of benzene rings is 2. The first kappa shape index (κ1) is 25.7. The molecule has 5 rings (SSSR count). The summed E-state index contributed by atoms with van der Waals surface area (Å²) in [5.41, 5.74) is 2.08. The van der Waals surface area contributed by atoms with Gasteiger partial charge in [-0.3, -0.25) is 14.6 Å². The lowest BCUT2D eigenvalue weighted by Gasteiger charge is -2.18. The maximum atomic E-state index is 13.2. The lowest BCUT2D eigenvalue weighted by molar-refractivity contribution is -0.192. The highest BCUT2D eigenvalue weighted by Gasteiger charge is 2.68. The number of rotatable bonds is 6. The fourth-order valence-electron chi connectivity index (χ4n) is 4.46. The van der Waals surface area contributed by atoms with E-state index in [1.54, 1.807) is 29.1 Å². The molecule has 11 heteroatoms. The molecule has 1 fully saturated rings. The van der Waals surface area contributed by atoms with E-state index in [2.05, 4.69) is 20.7 Å². The zero-order chi connectivity index (χ0) is 27.2. The third kappa shape index (κ3) is 4.71. The summed E-state index contributed by atoms with van der Waals surface area (Å²) in [6.45, 7) is 3.64. The smallest absolute Gasteiger partial charge is 0.351 e. The third-order valence-corrected chi connectivity index (χ3v) is 6.96. The number of nitrogens with zero attached hydrogens (tertiary/aromatic N) is 3. The molecule has 0 radical (unpaired) electrons. The van der Waals surface area contributed by atoms with Crippen LogP contribution in [0.1, 0.15) is 40.2 Å². The zero-order valence-electron chi connectivity index (χ0n) is 20.5. The molecular formula is C27H23ClF3N5O2. The number of pyridine rings is 1. The predicted octanol–water partition coefficient (Wildman–Crippen LogP) is 5.90. The first-order valence-corrected chi connectivity index (χ1v) is 12.2. The molecule has 0 aliphatic heterocycles. The Kier molecular flexibility index (Phi) is 6.38. The molecule has 38 heavy (non-hydrogen) atoms. The highest BCUT2D eigenvalue weighted by atomic mass is 35.5. The van der Waals surface area contributed by atoms with Gasteiger partial charge in [0.05, 0.1) is 33.7 Å². The van der Waals surface area contributed by atoms with Gasteiger partial charge < -0.3 is 10.6 Å². The number of nitrogens with one attached hydrogen (secondary N) is 2. The number of hydrogen-bond donors (Lipinski definition) is 2. The van der Waals surface area contributed by atoms with Crippen LogP contribution < -0.4 is 10.6 Å². The number of hydrogen-bond acceptors (Lipinski definition) is 4. The van der Waals surface area contributed by atoms with Crippen molar-refractivity contribution in [2.24, 2.45) is 5.41 Å². The van der Waals surface area contributed by atoms with Crippen LogP contribution in [0.25, 0.3) is 16.6 Å². The van der Waals surface area contributed by atoms with Gasteiger partial charge in [0.25, 0.3) is 5.91 Å². The van der Waals surface area contributed by atoms with Crippen molar-refractivity contribution in [2.45, 2.75) is 39.4 Å². The summed E-state index contributed by atoms with van der Waals surface area (Å²) in [6.07, 6.45) is -3.39. The van der Waals surface area contributed by atoms with Crippen LogP contribution in [0.2, 0.25) is 5.02 Å². The molecule has 0 saturated heterocycles. The Labute approximate surface area is 221 Å². The second-order valence-corrected chi connectivity index (χ2v) is 9.84. The minimum Gasteiger partial charge on any atom is -0.351 e. The monoisotopic (exact) mass is 541 g/mol. The molecule has 1 aliphatic rings. The van der Waals surface area contributed by atoms with Crippen LogP contribution in [-0.4, -0.2) is 32.8 Å². The van der Waals surface area contributed by atoms with Crippen LogP contribution in [0.5, 0.6) is 0 Å². The molecule has 4 aromatic rings. The molecule has 1 aliphatic carbocycles. The van der Waals surface area contributed by atoms with Crippen LogP contribution in [-0.2, 0) is 11.3 Å². The lowest BCUT2D eigenvalue weighted by atomic mass is 10.1. The fourth-order valence-corrected chi connectivity index (χ4v) is 4.67. The Balaban J connectivity index is 1.36. The molecule has 2 heterocycles. The minimum atomic E-state index is -4.59. The van der Waals surface area contributed by atoms with Gasteiger partial charge in [-0.05, 0) is 68.7 Å². The Morgan fingerprint density at radius 2 is 1.79 bits per heavy atom. The van der Waals surface area contributed by atoms with Crippen LogP contribution in [0.3, 0.4) is 0 Å². The van der Waals surface area contributed by atoms with E-state index in [-0.39, 0.29) is 30.0 Å². The number of anilines is 1. The number of fused-ring (bicyclic) bond motifs is 1. The summed E-state index contributed by atoms with van der Waals surface area (Å²) in [6, 6.07) is 13.7. The SMILES string of the molecule is Cc1cc(-n2ncc3c(NC(=O)c4cc(CNC(=O)C5(C(F)(F)F)CC5)ccc4Cl)cccc32)cc(C)n1. The van der Waals surface area contributed by atoms with Gasteiger partial charge in [0.2, 0.25) is 5.91 Å². The standard InChI is InChI=1S/C27H23ClF3N5O2/c1-15-10-18(11-16(2)34-15)36-23-5-3-4-22(20(23)14-33-36)35-24(37)19-12-17(6-7-21(19)28)13-32-25(38)26(8-9-26)27(29,30)31/h3-7,10-12,14H,8-9,13H2,1-2H3,(H,32,38)(H,35,37). The Bertz CT molecular complexity index is 1560. The first-order chi connectivity index (χ1) is 18.0. The van der Waals surface area contributed by atoms with Gasteiger partial charge in [-0.1, -0.05) is 23.7 Å². The molecule has 2 amide bonds. The zero-order valence-corrected chi connectivity index (χ0v) is 21.2. The summed E-state index contributed by atoms with van der Waals surface area (Å²) in [7, 11) is 0. The number of aromatic nitrogens is 3. The Hall–Kier alpha value is -3.92. The van der Waals surface area contributed by atoms with E-state index in [0.717, 1.165) is 22.6 Å². The molecule has 2 N–H and O–H groups in total. The average molecular weight is 542 g/mol. The van der Waals surface area contributed by atoms with Crippen molar-refractivity contribution in [3.05, 3.63) is 82.3 Å². The van der Waals surface area contributed by atoms with Crippen molar-refractivity contribution in [1.82, 2.24) is 20.1 Å². The van der Waals surface area contributed by atoms with Crippen molar-refractivity contribution in [1.29, 1.82) is 0 Å². The predicted molar refractivity (Wildman–Crippen MR) is 137 cm³/mol. The summed E-state index contributed by atoms with van der Waals surface area (Å²) >= 11 is 6.28. The van der Waals surface area contributed by atoms with E-state index in [0.29, 0.717) is 16.6 Å². The van der Waals surface area contributed by atoms with E-state index in [9.17, 15) is 22.8 Å². The van der Waals surface area contributed by atoms with Crippen LogP contribution >= 0.6 is 11.6 Å². The van der Waals surface area contributed by atoms with E-state index >= 15 is 0 Å². The number of carbonyl (C=O) groups excluding carboxylic acids is 2. The number of amides is 2. The topological polar surface area (TPSA) is 88.9 Å². The molecule has 0 atom stereocenters. The van der Waals surface area contributed by atoms with Gasteiger partial charge in [0.15, 0.2) is 0 Å². The van der Waals surface area contributed by atoms with Crippen molar-refractivity contribution >= 4 is 40.0 Å². The minimum absolute atomic E-state index is 0.125. The molecule has 2 aromatic heterocycles. The van der Waals surface area contributed by atoms with Crippen LogP contribution in [0.15, 0.2) is 54.7 Å². The van der Waals surface area contributed by atoms with E-state index in [4.69, 9.17) is 11.6 Å². The second kappa shape index (κ2) is 9.43. The average Bonchev–Trinajstić information content (AvgIpc) is 3.57. The van der Waals surface area contributed by atoms with Crippen molar-refractivity contribution < 1.29 is 22.8 Å². The molecule has 0 unspecified atom stereocenters. The van der Waals surface area contributed by atoms with E-state index in [1.165, 1.54) is 12.1 Å². The fraction of sp³-hybridized carbons (Fsp3) is 0.259. The van der Waals surface area contributed by atoms with Crippen molar-refractivity contribution in [3.8, 4) is 5.69 Å². The highest BCUT2D eigenvalue weighted by molar-refractivity contribution is 6.34. The van der Waals surface area contributed by atoms with E-state index in [1.807, 2.05) is 32.0 Å². The maximum absolute atomic E-state index is 13.2. The van der Waals surface area contributed by atoms with Gasteiger partial charge in [0, 0.05) is 23.3 Å².